The van der Waals surface area contributed by atoms with E-state index < -0.39 is 17.8 Å². The summed E-state index contributed by atoms with van der Waals surface area (Å²) in [6, 6.07) is 3.32. The van der Waals surface area contributed by atoms with Crippen molar-refractivity contribution in [3.63, 3.8) is 0 Å². The number of nitrogens with one attached hydrogen (secondary N) is 1. The smallest absolute Gasteiger partial charge is 0.347 e. The highest BCUT2D eigenvalue weighted by Crippen LogP contribution is 2.29. The molecule has 1 heterocycles. The number of rotatable bonds is 5. The first-order valence-corrected chi connectivity index (χ1v) is 8.77. The monoisotopic (exact) mass is 409 g/mol. The number of aliphatic imine (C=N–C) groups is 1. The molecule has 0 bridgehead atoms. The van der Waals surface area contributed by atoms with Crippen molar-refractivity contribution >= 4 is 23.3 Å². The van der Waals surface area contributed by atoms with E-state index in [-0.39, 0.29) is 24.1 Å². The number of anilines is 1. The molecule has 156 valence electrons. The van der Waals surface area contributed by atoms with Gasteiger partial charge in [0.25, 0.3) is 0 Å². The van der Waals surface area contributed by atoms with E-state index in [2.05, 4.69) is 15.3 Å². The third-order valence-electron chi connectivity index (χ3n) is 3.98. The quantitative estimate of drug-likeness (QED) is 0.766. The number of aromatic nitrogens is 2. The van der Waals surface area contributed by atoms with Crippen molar-refractivity contribution in [3.05, 3.63) is 48.0 Å². The summed E-state index contributed by atoms with van der Waals surface area (Å²) < 4.78 is 39.5. The molecule has 10 heteroatoms. The van der Waals surface area contributed by atoms with Crippen LogP contribution in [0, 0.1) is 5.92 Å². The standard InChI is InChI=1S/C19H22F3N5O2/c1-12(2)16(17-23-9-10-27(17)11-15(28)26(3)4)25-18(29)24-14-7-5-13(6-8-14)19(20,21)22/h5-10,12H,11H2,1-4H3,(H,24,29)/b25-16+. The summed E-state index contributed by atoms with van der Waals surface area (Å²) in [5, 5.41) is 2.44. The van der Waals surface area contributed by atoms with Gasteiger partial charge >= 0.3 is 12.2 Å². The zero-order valence-corrected chi connectivity index (χ0v) is 16.5. The van der Waals surface area contributed by atoms with Crippen molar-refractivity contribution in [1.82, 2.24) is 14.5 Å². The molecule has 0 atom stereocenters. The molecule has 0 radical (unpaired) electrons. The SMILES string of the molecule is CC(C)/C(=N\C(=O)Nc1ccc(C(F)(F)F)cc1)c1nccn1CC(=O)N(C)C. The van der Waals surface area contributed by atoms with E-state index in [9.17, 15) is 22.8 Å². The Morgan fingerprint density at radius 3 is 2.34 bits per heavy atom. The molecule has 2 rings (SSSR count). The Morgan fingerprint density at radius 1 is 1.21 bits per heavy atom. The van der Waals surface area contributed by atoms with Gasteiger partial charge in [-0.15, -0.1) is 0 Å². The summed E-state index contributed by atoms with van der Waals surface area (Å²) in [7, 11) is 3.27. The average molecular weight is 409 g/mol. The van der Waals surface area contributed by atoms with Crippen LogP contribution in [-0.4, -0.2) is 46.2 Å². The summed E-state index contributed by atoms with van der Waals surface area (Å²) >= 11 is 0. The van der Waals surface area contributed by atoms with Crippen molar-refractivity contribution in [2.45, 2.75) is 26.6 Å². The van der Waals surface area contributed by atoms with Crippen molar-refractivity contribution in [3.8, 4) is 0 Å². The summed E-state index contributed by atoms with van der Waals surface area (Å²) in [4.78, 5) is 34.0. The van der Waals surface area contributed by atoms with E-state index in [1.807, 2.05) is 13.8 Å². The second-order valence-corrected chi connectivity index (χ2v) is 6.82. The molecular formula is C19H22F3N5O2. The molecule has 3 amide bonds. The lowest BCUT2D eigenvalue weighted by Crippen LogP contribution is -2.28. The second-order valence-electron chi connectivity index (χ2n) is 6.82. The molecule has 0 saturated carbocycles. The summed E-state index contributed by atoms with van der Waals surface area (Å²) in [5.41, 5.74) is -0.276. The number of urea groups is 1. The minimum Gasteiger partial charge on any atom is -0.347 e. The Balaban J connectivity index is 2.22. The Bertz CT molecular complexity index is 899. The first-order chi connectivity index (χ1) is 13.5. The predicted octanol–water partition coefficient (Wildman–Crippen LogP) is 3.67. The summed E-state index contributed by atoms with van der Waals surface area (Å²) in [5.74, 6) is 0.0308. The molecule has 0 aliphatic carbocycles. The average Bonchev–Trinajstić information content (AvgIpc) is 3.06. The van der Waals surface area contributed by atoms with Crippen LogP contribution < -0.4 is 5.32 Å². The topological polar surface area (TPSA) is 79.6 Å². The van der Waals surface area contributed by atoms with Crippen LogP contribution in [0.15, 0.2) is 41.7 Å². The predicted molar refractivity (Wildman–Crippen MR) is 103 cm³/mol. The Hall–Kier alpha value is -3.17. The van der Waals surface area contributed by atoms with Crippen LogP contribution in [0.1, 0.15) is 25.2 Å². The molecule has 1 aromatic heterocycles. The molecule has 2 aromatic rings. The number of hydrogen-bond acceptors (Lipinski definition) is 3. The number of nitrogens with zero attached hydrogens (tertiary/aromatic N) is 4. The number of amides is 3. The normalized spacial score (nSPS) is 12.2. The highest BCUT2D eigenvalue weighted by molar-refractivity contribution is 6.08. The van der Waals surface area contributed by atoms with Crippen molar-refractivity contribution in [2.75, 3.05) is 19.4 Å². The van der Waals surface area contributed by atoms with Gasteiger partial charge in [-0.05, 0) is 30.2 Å². The highest BCUT2D eigenvalue weighted by atomic mass is 19.4. The van der Waals surface area contributed by atoms with Gasteiger partial charge in [-0.3, -0.25) is 4.79 Å². The summed E-state index contributed by atoms with van der Waals surface area (Å²) in [6.45, 7) is 3.67. The van der Waals surface area contributed by atoms with Gasteiger partial charge in [0, 0.05) is 32.2 Å². The number of carbonyl (C=O) groups is 2. The molecule has 0 aliphatic rings. The maximum atomic E-state index is 12.6. The van der Waals surface area contributed by atoms with Crippen molar-refractivity contribution in [2.24, 2.45) is 10.9 Å². The van der Waals surface area contributed by atoms with Crippen LogP contribution in [-0.2, 0) is 17.5 Å². The molecule has 1 N–H and O–H groups in total. The molecule has 1 aromatic carbocycles. The summed E-state index contributed by atoms with van der Waals surface area (Å²) in [6.07, 6.45) is -1.33. The third-order valence-corrected chi connectivity index (χ3v) is 3.98. The number of carbonyl (C=O) groups excluding carboxylic acids is 2. The number of halogens is 3. The second kappa shape index (κ2) is 8.89. The molecule has 29 heavy (non-hydrogen) atoms. The molecule has 0 fully saturated rings. The van der Waals surface area contributed by atoms with Crippen LogP contribution in [0.5, 0.6) is 0 Å². The van der Waals surface area contributed by atoms with Gasteiger partial charge in [-0.2, -0.15) is 18.2 Å². The number of benzene rings is 1. The molecule has 0 aliphatic heterocycles. The number of imidazole rings is 1. The first-order valence-electron chi connectivity index (χ1n) is 8.77. The Labute approximate surface area is 166 Å². The lowest BCUT2D eigenvalue weighted by Gasteiger charge is -2.15. The van der Waals surface area contributed by atoms with E-state index in [0.717, 1.165) is 24.3 Å². The number of hydrogen-bond donors (Lipinski definition) is 1. The van der Waals surface area contributed by atoms with Crippen LogP contribution in [0.4, 0.5) is 23.7 Å². The fourth-order valence-corrected chi connectivity index (χ4v) is 2.40. The van der Waals surface area contributed by atoms with Crippen LogP contribution in [0.25, 0.3) is 0 Å². The maximum Gasteiger partial charge on any atom is 0.416 e. The molecule has 7 nitrogen and oxygen atoms in total. The van der Waals surface area contributed by atoms with E-state index in [0.29, 0.717) is 11.5 Å². The maximum absolute atomic E-state index is 12.6. The zero-order chi connectivity index (χ0) is 21.8. The minimum atomic E-state index is -4.45. The van der Waals surface area contributed by atoms with Gasteiger partial charge in [0.15, 0.2) is 5.82 Å². The fourth-order valence-electron chi connectivity index (χ4n) is 2.40. The van der Waals surface area contributed by atoms with Gasteiger partial charge in [0.1, 0.15) is 6.54 Å². The van der Waals surface area contributed by atoms with Crippen molar-refractivity contribution < 1.29 is 22.8 Å². The lowest BCUT2D eigenvalue weighted by atomic mass is 10.1. The Kier molecular flexibility index (Phi) is 6.78. The molecule has 0 unspecified atom stereocenters. The molecule has 0 spiro atoms. The third kappa shape index (κ3) is 5.90. The van der Waals surface area contributed by atoms with E-state index >= 15 is 0 Å². The lowest BCUT2D eigenvalue weighted by molar-refractivity contribution is -0.137. The largest absolute Gasteiger partial charge is 0.416 e. The van der Waals surface area contributed by atoms with Crippen LogP contribution >= 0.6 is 0 Å². The Morgan fingerprint density at radius 2 is 1.83 bits per heavy atom. The van der Waals surface area contributed by atoms with Gasteiger partial charge in [-0.1, -0.05) is 13.8 Å². The van der Waals surface area contributed by atoms with Crippen LogP contribution in [0.3, 0.4) is 0 Å². The molecule has 0 saturated heterocycles. The van der Waals surface area contributed by atoms with E-state index in [4.69, 9.17) is 0 Å². The van der Waals surface area contributed by atoms with E-state index in [1.54, 1.807) is 24.9 Å². The molecular weight excluding hydrogens is 387 g/mol. The van der Waals surface area contributed by atoms with Gasteiger partial charge in [0.05, 0.1) is 11.3 Å². The van der Waals surface area contributed by atoms with E-state index in [1.165, 1.54) is 11.1 Å². The van der Waals surface area contributed by atoms with Crippen molar-refractivity contribution in [1.29, 1.82) is 0 Å². The number of likely N-dealkylation sites (N-methyl/N-ethyl adjacent to an activating group) is 1. The fraction of sp³-hybridized carbons (Fsp3) is 0.368. The van der Waals surface area contributed by atoms with Gasteiger partial charge in [0.2, 0.25) is 5.91 Å². The first kappa shape index (κ1) is 22.1. The van der Waals surface area contributed by atoms with Gasteiger partial charge < -0.3 is 14.8 Å². The number of alkyl halides is 3. The van der Waals surface area contributed by atoms with Gasteiger partial charge in [-0.25, -0.2) is 9.78 Å². The van der Waals surface area contributed by atoms with Crippen LogP contribution in [0.2, 0.25) is 0 Å². The zero-order valence-electron chi connectivity index (χ0n) is 16.5. The highest BCUT2D eigenvalue weighted by Gasteiger charge is 2.30. The minimum absolute atomic E-state index is 0.0363.